The average Bonchev–Trinajstić information content (AvgIpc) is 2.79. The molecule has 1 aliphatic carbocycles. The van der Waals surface area contributed by atoms with Gasteiger partial charge in [-0.1, -0.05) is 12.1 Å². The van der Waals surface area contributed by atoms with Crippen LogP contribution in [0.3, 0.4) is 0 Å². The van der Waals surface area contributed by atoms with Crippen LogP contribution in [0, 0.1) is 0 Å². The molecular formula is C24H36N2O4. The van der Waals surface area contributed by atoms with Crippen LogP contribution in [0.4, 0.5) is 5.69 Å². The van der Waals surface area contributed by atoms with Crippen LogP contribution in [-0.4, -0.2) is 68.8 Å². The SMILES string of the molecule is COc1ccccc1N1CCN(CCCCO[C@@H]2CCC3=C(C2)O[C@@H](O)CC3)CC1. The van der Waals surface area contributed by atoms with Gasteiger partial charge in [-0.2, -0.15) is 0 Å². The molecule has 6 heteroatoms. The van der Waals surface area contributed by atoms with E-state index < -0.39 is 6.29 Å². The van der Waals surface area contributed by atoms with Crippen LogP contribution in [-0.2, 0) is 9.47 Å². The molecule has 0 spiro atoms. The van der Waals surface area contributed by atoms with E-state index in [0.717, 1.165) is 89.4 Å². The van der Waals surface area contributed by atoms with E-state index in [9.17, 15) is 5.11 Å². The zero-order valence-electron chi connectivity index (χ0n) is 18.2. The Kier molecular flexibility index (Phi) is 7.52. The van der Waals surface area contributed by atoms with Crippen LogP contribution in [0.5, 0.6) is 5.75 Å². The Morgan fingerprint density at radius 1 is 1.07 bits per heavy atom. The summed E-state index contributed by atoms with van der Waals surface area (Å²) in [7, 11) is 1.74. The first-order valence-corrected chi connectivity index (χ1v) is 11.5. The Balaban J connectivity index is 1.10. The van der Waals surface area contributed by atoms with Crippen LogP contribution < -0.4 is 9.64 Å². The summed E-state index contributed by atoms with van der Waals surface area (Å²) in [5.74, 6) is 1.96. The minimum Gasteiger partial charge on any atom is -0.495 e. The second-order valence-corrected chi connectivity index (χ2v) is 8.58. The highest BCUT2D eigenvalue weighted by Crippen LogP contribution is 2.35. The third-order valence-corrected chi connectivity index (χ3v) is 6.57. The second kappa shape index (κ2) is 10.5. The number of nitrogens with zero attached hydrogens (tertiary/aromatic N) is 2. The molecule has 4 rings (SSSR count). The highest BCUT2D eigenvalue weighted by molar-refractivity contribution is 5.58. The summed E-state index contributed by atoms with van der Waals surface area (Å²) < 4.78 is 17.2. The minimum atomic E-state index is -0.619. The topological polar surface area (TPSA) is 54.4 Å². The quantitative estimate of drug-likeness (QED) is 0.654. The third-order valence-electron chi connectivity index (χ3n) is 6.57. The van der Waals surface area contributed by atoms with Crippen molar-refractivity contribution in [1.29, 1.82) is 0 Å². The molecule has 2 aliphatic heterocycles. The van der Waals surface area contributed by atoms with Crippen LogP contribution in [0.25, 0.3) is 0 Å². The molecule has 0 bridgehead atoms. The van der Waals surface area contributed by atoms with Gasteiger partial charge in [0.1, 0.15) is 11.5 Å². The van der Waals surface area contributed by atoms with Gasteiger partial charge < -0.3 is 24.2 Å². The molecule has 0 saturated carbocycles. The van der Waals surface area contributed by atoms with Crippen LogP contribution in [0.15, 0.2) is 35.6 Å². The summed E-state index contributed by atoms with van der Waals surface area (Å²) >= 11 is 0. The fourth-order valence-corrected chi connectivity index (χ4v) is 4.78. The van der Waals surface area contributed by atoms with Crippen LogP contribution in [0.2, 0.25) is 0 Å². The van der Waals surface area contributed by atoms with Gasteiger partial charge in [0.2, 0.25) is 0 Å². The van der Waals surface area contributed by atoms with Crippen molar-refractivity contribution in [3.8, 4) is 5.75 Å². The molecule has 0 aromatic heterocycles. The lowest BCUT2D eigenvalue weighted by Crippen LogP contribution is -2.46. The maximum Gasteiger partial charge on any atom is 0.197 e. The molecule has 0 amide bonds. The number of rotatable bonds is 8. The number of unbranched alkanes of at least 4 members (excludes halogenated alkanes) is 1. The van der Waals surface area contributed by atoms with Gasteiger partial charge in [0, 0.05) is 45.6 Å². The van der Waals surface area contributed by atoms with Crippen molar-refractivity contribution in [2.24, 2.45) is 0 Å². The first-order valence-electron chi connectivity index (χ1n) is 11.5. The number of anilines is 1. The number of hydrogen-bond donors (Lipinski definition) is 1. The van der Waals surface area contributed by atoms with Crippen molar-refractivity contribution in [3.05, 3.63) is 35.6 Å². The predicted molar refractivity (Wildman–Crippen MR) is 118 cm³/mol. The Hall–Kier alpha value is -1.76. The van der Waals surface area contributed by atoms with Gasteiger partial charge in [-0.25, -0.2) is 0 Å². The molecule has 1 fully saturated rings. The molecule has 1 N–H and O–H groups in total. The average molecular weight is 417 g/mol. The first kappa shape index (κ1) is 21.5. The zero-order valence-corrected chi connectivity index (χ0v) is 18.2. The van der Waals surface area contributed by atoms with Gasteiger partial charge in [0.15, 0.2) is 6.29 Å². The molecule has 166 valence electrons. The lowest BCUT2D eigenvalue weighted by molar-refractivity contribution is -0.0931. The standard InChI is InChI=1S/C24H36N2O4/c1-28-22-7-3-2-6-21(22)26-15-13-25(14-16-26)12-4-5-17-29-20-10-8-19-9-11-24(27)30-23(19)18-20/h2-3,6-7,20,24,27H,4-5,8-18H2,1H3/t20-,24-/m1/s1. The third kappa shape index (κ3) is 5.48. The van der Waals surface area contributed by atoms with Crippen molar-refractivity contribution in [2.45, 2.75) is 57.3 Å². The number of hydrogen-bond acceptors (Lipinski definition) is 6. The largest absolute Gasteiger partial charge is 0.495 e. The second-order valence-electron chi connectivity index (χ2n) is 8.58. The van der Waals surface area contributed by atoms with Crippen LogP contribution >= 0.6 is 0 Å². The predicted octanol–water partition coefficient (Wildman–Crippen LogP) is 3.55. The van der Waals surface area contributed by atoms with Gasteiger partial charge in [-0.3, -0.25) is 4.90 Å². The molecular weight excluding hydrogens is 380 g/mol. The number of piperazine rings is 1. The van der Waals surface area contributed by atoms with E-state index in [4.69, 9.17) is 14.2 Å². The number of methoxy groups -OCH3 is 1. The van der Waals surface area contributed by atoms with E-state index in [1.807, 2.05) is 12.1 Å². The van der Waals surface area contributed by atoms with Gasteiger partial charge in [0.25, 0.3) is 0 Å². The lowest BCUT2D eigenvalue weighted by atomic mass is 9.90. The molecule has 1 saturated heterocycles. The van der Waals surface area contributed by atoms with E-state index in [2.05, 4.69) is 21.9 Å². The molecule has 30 heavy (non-hydrogen) atoms. The molecule has 0 unspecified atom stereocenters. The molecule has 6 nitrogen and oxygen atoms in total. The number of aliphatic hydroxyl groups is 1. The first-order chi connectivity index (χ1) is 14.7. The van der Waals surface area contributed by atoms with Crippen molar-refractivity contribution in [3.63, 3.8) is 0 Å². The van der Waals surface area contributed by atoms with E-state index in [0.29, 0.717) is 0 Å². The Bertz CT molecular complexity index is 715. The smallest absolute Gasteiger partial charge is 0.197 e. The summed E-state index contributed by atoms with van der Waals surface area (Å²) in [6.07, 6.45) is 6.59. The van der Waals surface area contributed by atoms with E-state index in [1.165, 1.54) is 17.7 Å². The highest BCUT2D eigenvalue weighted by atomic mass is 16.6. The van der Waals surface area contributed by atoms with Crippen molar-refractivity contribution in [2.75, 3.05) is 51.3 Å². The van der Waals surface area contributed by atoms with Crippen molar-refractivity contribution < 1.29 is 19.3 Å². The maximum atomic E-state index is 9.70. The maximum absolute atomic E-state index is 9.70. The molecule has 2 heterocycles. The number of allylic oxidation sites excluding steroid dienone is 1. The zero-order chi connectivity index (χ0) is 20.8. The number of para-hydroxylation sites is 2. The van der Waals surface area contributed by atoms with E-state index in [1.54, 1.807) is 7.11 Å². The highest BCUT2D eigenvalue weighted by Gasteiger charge is 2.28. The number of benzene rings is 1. The lowest BCUT2D eigenvalue weighted by Gasteiger charge is -2.36. The Morgan fingerprint density at radius 2 is 1.87 bits per heavy atom. The van der Waals surface area contributed by atoms with Crippen molar-refractivity contribution in [1.82, 2.24) is 4.90 Å². The summed E-state index contributed by atoms with van der Waals surface area (Å²) in [4.78, 5) is 4.98. The number of ether oxygens (including phenoxy) is 3. The van der Waals surface area contributed by atoms with E-state index >= 15 is 0 Å². The van der Waals surface area contributed by atoms with Gasteiger partial charge in [0.05, 0.1) is 18.9 Å². The summed E-state index contributed by atoms with van der Waals surface area (Å²) in [5.41, 5.74) is 2.60. The van der Waals surface area contributed by atoms with Gasteiger partial charge >= 0.3 is 0 Å². The minimum absolute atomic E-state index is 0.249. The fraction of sp³-hybridized carbons (Fsp3) is 0.667. The monoisotopic (exact) mass is 416 g/mol. The van der Waals surface area contributed by atoms with Crippen molar-refractivity contribution >= 4 is 5.69 Å². The van der Waals surface area contributed by atoms with Gasteiger partial charge in [-0.05, 0) is 56.4 Å². The summed E-state index contributed by atoms with van der Waals surface area (Å²) in [6.45, 7) is 6.23. The number of aliphatic hydroxyl groups excluding tert-OH is 1. The fourth-order valence-electron chi connectivity index (χ4n) is 4.78. The van der Waals surface area contributed by atoms with Crippen LogP contribution in [0.1, 0.15) is 44.9 Å². The summed E-state index contributed by atoms with van der Waals surface area (Å²) in [6, 6.07) is 8.29. The normalized spacial score (nSPS) is 25.1. The molecule has 2 atom stereocenters. The molecule has 1 aromatic rings. The van der Waals surface area contributed by atoms with E-state index in [-0.39, 0.29) is 6.10 Å². The molecule has 3 aliphatic rings. The van der Waals surface area contributed by atoms with Gasteiger partial charge in [-0.15, -0.1) is 0 Å². The Labute approximate surface area is 180 Å². The molecule has 0 radical (unpaired) electrons. The Morgan fingerprint density at radius 3 is 2.70 bits per heavy atom. The molecule has 1 aromatic carbocycles. The summed E-state index contributed by atoms with van der Waals surface area (Å²) in [5, 5.41) is 9.70.